The van der Waals surface area contributed by atoms with Gasteiger partial charge in [-0.3, -0.25) is 9.69 Å². The Bertz CT molecular complexity index is 788. The molecule has 2 aliphatic rings. The van der Waals surface area contributed by atoms with Gasteiger partial charge in [0.25, 0.3) is 0 Å². The number of amides is 1. The van der Waals surface area contributed by atoms with E-state index in [9.17, 15) is 9.18 Å². The summed E-state index contributed by atoms with van der Waals surface area (Å²) >= 11 is 0. The molecule has 2 fully saturated rings. The van der Waals surface area contributed by atoms with E-state index in [4.69, 9.17) is 0 Å². The number of benzene rings is 1. The van der Waals surface area contributed by atoms with Crippen LogP contribution in [0.1, 0.15) is 24.8 Å². The molecule has 0 atom stereocenters. The Labute approximate surface area is 165 Å². The Hall–Kier alpha value is -2.47. The highest BCUT2D eigenvalue weighted by Crippen LogP contribution is 2.29. The lowest BCUT2D eigenvalue weighted by Crippen LogP contribution is -2.49. The van der Waals surface area contributed by atoms with Crippen LogP contribution in [-0.2, 0) is 11.3 Å². The number of hydrogen-bond donors (Lipinski definition) is 0. The standard InChI is InChI=1S/C22H27FN4O/c23-20-6-2-1-5-18(20)17-27(19-8-9-19)12-10-22(28)26-15-13-25(14-16-26)21-7-3-4-11-24-21/h1-7,11,19H,8-10,12-17H2. The van der Waals surface area contributed by atoms with E-state index in [1.165, 1.54) is 6.07 Å². The largest absolute Gasteiger partial charge is 0.353 e. The summed E-state index contributed by atoms with van der Waals surface area (Å²) in [5, 5.41) is 0. The molecule has 1 amide bonds. The van der Waals surface area contributed by atoms with E-state index < -0.39 is 0 Å². The third kappa shape index (κ3) is 4.68. The lowest BCUT2D eigenvalue weighted by atomic mass is 10.2. The van der Waals surface area contributed by atoms with Crippen LogP contribution in [0.2, 0.25) is 0 Å². The molecule has 2 aromatic rings. The van der Waals surface area contributed by atoms with Crippen LogP contribution in [0.4, 0.5) is 10.2 Å². The van der Waals surface area contributed by atoms with Gasteiger partial charge in [-0.15, -0.1) is 0 Å². The second-order valence-electron chi connectivity index (χ2n) is 7.60. The molecule has 0 bridgehead atoms. The first-order valence-corrected chi connectivity index (χ1v) is 10.1. The van der Waals surface area contributed by atoms with Gasteiger partial charge in [-0.05, 0) is 31.0 Å². The van der Waals surface area contributed by atoms with Crippen LogP contribution in [0, 0.1) is 5.82 Å². The quantitative estimate of drug-likeness (QED) is 0.738. The summed E-state index contributed by atoms with van der Waals surface area (Å²) in [5.41, 5.74) is 0.714. The minimum absolute atomic E-state index is 0.162. The normalized spacial score (nSPS) is 17.2. The average molecular weight is 382 g/mol. The Kier molecular flexibility index (Phi) is 5.86. The third-order valence-corrected chi connectivity index (χ3v) is 5.61. The summed E-state index contributed by atoms with van der Waals surface area (Å²) in [6.07, 6.45) is 4.58. The maximum Gasteiger partial charge on any atom is 0.223 e. The highest BCUT2D eigenvalue weighted by molar-refractivity contribution is 5.76. The molecular formula is C22H27FN4O. The summed E-state index contributed by atoms with van der Waals surface area (Å²) in [7, 11) is 0. The first-order chi connectivity index (χ1) is 13.7. The van der Waals surface area contributed by atoms with Gasteiger partial charge in [0.15, 0.2) is 0 Å². The molecule has 4 rings (SSSR count). The maximum atomic E-state index is 14.0. The molecule has 1 aliphatic heterocycles. The van der Waals surface area contributed by atoms with Gasteiger partial charge in [0, 0.05) is 63.5 Å². The maximum absolute atomic E-state index is 14.0. The lowest BCUT2D eigenvalue weighted by molar-refractivity contribution is -0.131. The summed E-state index contributed by atoms with van der Waals surface area (Å²) in [4.78, 5) is 23.5. The number of carbonyl (C=O) groups excluding carboxylic acids is 1. The van der Waals surface area contributed by atoms with Crippen LogP contribution in [0.15, 0.2) is 48.7 Å². The van der Waals surface area contributed by atoms with Gasteiger partial charge in [-0.25, -0.2) is 9.37 Å². The first-order valence-electron chi connectivity index (χ1n) is 10.1. The topological polar surface area (TPSA) is 39.7 Å². The predicted molar refractivity (Wildman–Crippen MR) is 107 cm³/mol. The monoisotopic (exact) mass is 382 g/mol. The second-order valence-corrected chi connectivity index (χ2v) is 7.60. The van der Waals surface area contributed by atoms with Crippen LogP contribution in [0.3, 0.4) is 0 Å². The molecule has 1 aliphatic carbocycles. The number of pyridine rings is 1. The molecular weight excluding hydrogens is 355 g/mol. The Balaban J connectivity index is 1.27. The van der Waals surface area contributed by atoms with E-state index in [-0.39, 0.29) is 11.7 Å². The Morgan fingerprint density at radius 2 is 1.82 bits per heavy atom. The number of hydrogen-bond acceptors (Lipinski definition) is 4. The van der Waals surface area contributed by atoms with Crippen LogP contribution >= 0.6 is 0 Å². The van der Waals surface area contributed by atoms with Crippen molar-refractivity contribution in [2.24, 2.45) is 0 Å². The molecule has 0 radical (unpaired) electrons. The summed E-state index contributed by atoms with van der Waals surface area (Å²) in [6, 6.07) is 13.3. The Morgan fingerprint density at radius 3 is 2.50 bits per heavy atom. The fourth-order valence-electron chi connectivity index (χ4n) is 3.80. The fraction of sp³-hybridized carbons (Fsp3) is 0.455. The average Bonchev–Trinajstić information content (AvgIpc) is 3.58. The van der Waals surface area contributed by atoms with Gasteiger partial charge in [0.1, 0.15) is 11.6 Å². The number of carbonyl (C=O) groups is 1. The summed E-state index contributed by atoms with van der Waals surface area (Å²) < 4.78 is 14.0. The molecule has 1 aromatic carbocycles. The van der Waals surface area contributed by atoms with E-state index in [0.29, 0.717) is 31.1 Å². The number of halogens is 1. The van der Waals surface area contributed by atoms with Crippen molar-refractivity contribution in [3.05, 3.63) is 60.0 Å². The number of piperazine rings is 1. The van der Waals surface area contributed by atoms with E-state index in [2.05, 4.69) is 14.8 Å². The fourth-order valence-corrected chi connectivity index (χ4v) is 3.80. The molecule has 148 valence electrons. The van der Waals surface area contributed by atoms with Crippen LogP contribution in [0.25, 0.3) is 0 Å². The molecule has 0 spiro atoms. The molecule has 28 heavy (non-hydrogen) atoms. The zero-order valence-corrected chi connectivity index (χ0v) is 16.1. The van der Waals surface area contributed by atoms with Crippen LogP contribution in [-0.4, -0.2) is 59.5 Å². The molecule has 0 unspecified atom stereocenters. The molecule has 0 N–H and O–H groups in total. The second kappa shape index (κ2) is 8.69. The smallest absolute Gasteiger partial charge is 0.223 e. The van der Waals surface area contributed by atoms with Crippen molar-refractivity contribution in [3.8, 4) is 0 Å². The molecule has 1 saturated carbocycles. The zero-order valence-electron chi connectivity index (χ0n) is 16.1. The number of aromatic nitrogens is 1. The van der Waals surface area contributed by atoms with E-state index in [0.717, 1.165) is 44.8 Å². The van der Waals surface area contributed by atoms with Gasteiger partial charge >= 0.3 is 0 Å². The number of nitrogens with zero attached hydrogens (tertiary/aromatic N) is 4. The van der Waals surface area contributed by atoms with Crippen molar-refractivity contribution in [2.45, 2.75) is 31.8 Å². The third-order valence-electron chi connectivity index (χ3n) is 5.61. The Morgan fingerprint density at radius 1 is 1.07 bits per heavy atom. The van der Waals surface area contributed by atoms with Crippen molar-refractivity contribution in [3.63, 3.8) is 0 Å². The van der Waals surface area contributed by atoms with E-state index in [1.807, 2.05) is 35.2 Å². The minimum atomic E-state index is -0.162. The van der Waals surface area contributed by atoms with Crippen LogP contribution in [0.5, 0.6) is 0 Å². The predicted octanol–water partition coefficient (Wildman–Crippen LogP) is 2.92. The number of anilines is 1. The molecule has 6 heteroatoms. The molecule has 1 aromatic heterocycles. The molecule has 5 nitrogen and oxygen atoms in total. The van der Waals surface area contributed by atoms with E-state index >= 15 is 0 Å². The molecule has 2 heterocycles. The van der Waals surface area contributed by atoms with Crippen molar-refractivity contribution >= 4 is 11.7 Å². The van der Waals surface area contributed by atoms with Gasteiger partial charge in [-0.1, -0.05) is 24.3 Å². The minimum Gasteiger partial charge on any atom is -0.353 e. The van der Waals surface area contributed by atoms with Crippen molar-refractivity contribution in [1.82, 2.24) is 14.8 Å². The number of rotatable bonds is 7. The summed E-state index contributed by atoms with van der Waals surface area (Å²) in [6.45, 7) is 4.35. The van der Waals surface area contributed by atoms with Gasteiger partial charge in [-0.2, -0.15) is 0 Å². The SMILES string of the molecule is O=C(CCN(Cc1ccccc1F)C1CC1)N1CCN(c2ccccn2)CC1. The van der Waals surface area contributed by atoms with Crippen molar-refractivity contribution in [2.75, 3.05) is 37.6 Å². The first kappa shape index (κ1) is 18.9. The van der Waals surface area contributed by atoms with Crippen molar-refractivity contribution < 1.29 is 9.18 Å². The van der Waals surface area contributed by atoms with Crippen molar-refractivity contribution in [1.29, 1.82) is 0 Å². The lowest BCUT2D eigenvalue weighted by Gasteiger charge is -2.35. The highest BCUT2D eigenvalue weighted by Gasteiger charge is 2.30. The highest BCUT2D eigenvalue weighted by atomic mass is 19.1. The molecule has 1 saturated heterocycles. The van der Waals surface area contributed by atoms with Gasteiger partial charge in [0.05, 0.1) is 0 Å². The summed E-state index contributed by atoms with van der Waals surface area (Å²) in [5.74, 6) is 1.00. The van der Waals surface area contributed by atoms with Crippen LogP contribution < -0.4 is 4.90 Å². The van der Waals surface area contributed by atoms with Gasteiger partial charge in [0.2, 0.25) is 5.91 Å². The van der Waals surface area contributed by atoms with Gasteiger partial charge < -0.3 is 9.80 Å². The van der Waals surface area contributed by atoms with E-state index in [1.54, 1.807) is 12.3 Å². The zero-order chi connectivity index (χ0) is 19.3.